The molecule has 8 heteroatoms. The van der Waals surface area contributed by atoms with Gasteiger partial charge < -0.3 is 14.3 Å². The van der Waals surface area contributed by atoms with Crippen LogP contribution in [0.2, 0.25) is 0 Å². The highest BCUT2D eigenvalue weighted by Gasteiger charge is 2.17. The van der Waals surface area contributed by atoms with Crippen LogP contribution in [-0.4, -0.2) is 36.6 Å². The van der Waals surface area contributed by atoms with Crippen molar-refractivity contribution < 1.29 is 9.21 Å². The van der Waals surface area contributed by atoms with Gasteiger partial charge in [-0.3, -0.25) is 9.20 Å². The van der Waals surface area contributed by atoms with E-state index in [2.05, 4.69) is 44.1 Å². The van der Waals surface area contributed by atoms with E-state index in [0.717, 1.165) is 16.9 Å². The minimum absolute atomic E-state index is 0.200. The monoisotopic (exact) mass is 400 g/mol. The van der Waals surface area contributed by atoms with Gasteiger partial charge in [0.05, 0.1) is 22.9 Å². The van der Waals surface area contributed by atoms with Crippen molar-refractivity contribution in [2.24, 2.45) is 7.05 Å². The van der Waals surface area contributed by atoms with E-state index in [4.69, 9.17) is 4.42 Å². The molecule has 4 aromatic heterocycles. The Bertz CT molecular complexity index is 1360. The summed E-state index contributed by atoms with van der Waals surface area (Å²) in [5.41, 5.74) is 4.20. The number of carbonyl (C=O) groups excluding carboxylic acids is 1. The van der Waals surface area contributed by atoms with E-state index >= 15 is 0 Å². The molecule has 1 aromatic carbocycles. The Hall–Kier alpha value is -3.94. The van der Waals surface area contributed by atoms with Crippen LogP contribution < -0.4 is 5.32 Å². The number of benzene rings is 1. The van der Waals surface area contributed by atoms with Crippen molar-refractivity contribution in [2.45, 2.75) is 13.3 Å². The molecular formula is C22H20N6O2. The van der Waals surface area contributed by atoms with Crippen LogP contribution in [-0.2, 0) is 13.5 Å². The van der Waals surface area contributed by atoms with E-state index in [1.165, 1.54) is 5.56 Å². The van der Waals surface area contributed by atoms with Crippen LogP contribution in [0.3, 0.4) is 0 Å². The molecule has 5 aromatic rings. The van der Waals surface area contributed by atoms with E-state index in [0.29, 0.717) is 35.8 Å². The third-order valence-electron chi connectivity index (χ3n) is 5.18. The highest BCUT2D eigenvalue weighted by Crippen LogP contribution is 2.20. The first kappa shape index (κ1) is 18.1. The Balaban J connectivity index is 1.34. The number of hydrogen-bond acceptors (Lipinski definition) is 5. The van der Waals surface area contributed by atoms with Gasteiger partial charge in [-0.1, -0.05) is 6.07 Å². The number of aryl methyl sites for hydroxylation is 2. The Morgan fingerprint density at radius 1 is 1.17 bits per heavy atom. The van der Waals surface area contributed by atoms with Gasteiger partial charge in [0.15, 0.2) is 11.4 Å². The minimum Gasteiger partial charge on any atom is -0.461 e. The van der Waals surface area contributed by atoms with Crippen molar-refractivity contribution in [1.82, 2.24) is 29.5 Å². The zero-order chi connectivity index (χ0) is 20.7. The Labute approximate surface area is 172 Å². The number of carbonyl (C=O) groups is 1. The fourth-order valence-electron chi connectivity index (χ4n) is 3.62. The topological polar surface area (TPSA) is 90.2 Å². The quantitative estimate of drug-likeness (QED) is 0.489. The lowest BCUT2D eigenvalue weighted by atomic mass is 10.2. The smallest absolute Gasteiger partial charge is 0.255 e. The lowest BCUT2D eigenvalue weighted by Gasteiger charge is -2.07. The normalized spacial score (nSPS) is 11.4. The highest BCUT2D eigenvalue weighted by molar-refractivity contribution is 5.99. The second kappa shape index (κ2) is 7.14. The number of imidazole rings is 1. The summed E-state index contributed by atoms with van der Waals surface area (Å²) < 4.78 is 9.23. The summed E-state index contributed by atoms with van der Waals surface area (Å²) in [5.74, 6) is 1.88. The van der Waals surface area contributed by atoms with Gasteiger partial charge in [0, 0.05) is 26.2 Å². The Kier molecular flexibility index (Phi) is 4.31. The molecule has 150 valence electrons. The summed E-state index contributed by atoms with van der Waals surface area (Å²) in [5, 5.41) is 11.3. The molecule has 0 aliphatic heterocycles. The zero-order valence-corrected chi connectivity index (χ0v) is 16.7. The molecule has 1 amide bonds. The summed E-state index contributed by atoms with van der Waals surface area (Å²) in [7, 11) is 2.00. The summed E-state index contributed by atoms with van der Waals surface area (Å²) in [6.45, 7) is 2.53. The molecule has 5 rings (SSSR count). The molecule has 4 heterocycles. The van der Waals surface area contributed by atoms with E-state index in [1.807, 2.05) is 25.4 Å². The number of pyridine rings is 1. The van der Waals surface area contributed by atoms with Crippen molar-refractivity contribution in [3.8, 4) is 11.6 Å². The van der Waals surface area contributed by atoms with Crippen LogP contribution in [0.15, 0.2) is 59.3 Å². The van der Waals surface area contributed by atoms with Crippen molar-refractivity contribution >= 4 is 22.6 Å². The molecule has 8 nitrogen and oxygen atoms in total. The molecule has 0 bridgehead atoms. The van der Waals surface area contributed by atoms with Gasteiger partial charge in [-0.25, -0.2) is 4.98 Å². The number of rotatable bonds is 5. The Morgan fingerprint density at radius 3 is 2.90 bits per heavy atom. The summed E-state index contributed by atoms with van der Waals surface area (Å²) in [4.78, 5) is 17.5. The molecular weight excluding hydrogens is 380 g/mol. The highest BCUT2D eigenvalue weighted by atomic mass is 16.3. The number of amides is 1. The third kappa shape index (κ3) is 3.02. The second-order valence-corrected chi connectivity index (χ2v) is 7.20. The molecule has 0 aliphatic rings. The first-order valence-corrected chi connectivity index (χ1v) is 9.69. The number of furan rings is 1. The molecule has 0 saturated heterocycles. The third-order valence-corrected chi connectivity index (χ3v) is 5.18. The van der Waals surface area contributed by atoms with Crippen molar-refractivity contribution in [2.75, 3.05) is 6.54 Å². The van der Waals surface area contributed by atoms with E-state index < -0.39 is 0 Å². The molecule has 0 aliphatic carbocycles. The molecule has 0 unspecified atom stereocenters. The number of hydrogen-bond donors (Lipinski definition) is 1. The molecule has 0 fully saturated rings. The van der Waals surface area contributed by atoms with Crippen LogP contribution >= 0.6 is 0 Å². The molecule has 1 N–H and O–H groups in total. The summed E-state index contributed by atoms with van der Waals surface area (Å²) in [6, 6.07) is 13.3. The van der Waals surface area contributed by atoms with Crippen LogP contribution in [0.4, 0.5) is 0 Å². The van der Waals surface area contributed by atoms with E-state index in [1.54, 1.807) is 28.9 Å². The minimum atomic E-state index is -0.200. The summed E-state index contributed by atoms with van der Waals surface area (Å²) >= 11 is 0. The van der Waals surface area contributed by atoms with Crippen molar-refractivity contribution in [3.05, 3.63) is 71.9 Å². The van der Waals surface area contributed by atoms with Gasteiger partial charge in [0.1, 0.15) is 5.82 Å². The molecule has 0 atom stereocenters. The van der Waals surface area contributed by atoms with E-state index in [9.17, 15) is 4.79 Å². The van der Waals surface area contributed by atoms with Gasteiger partial charge in [0.2, 0.25) is 5.82 Å². The fourth-order valence-corrected chi connectivity index (χ4v) is 3.62. The lowest BCUT2D eigenvalue weighted by molar-refractivity contribution is 0.0955. The fraction of sp³-hybridized carbons (Fsp3) is 0.182. The van der Waals surface area contributed by atoms with Crippen molar-refractivity contribution in [3.63, 3.8) is 0 Å². The first-order valence-electron chi connectivity index (χ1n) is 9.69. The second-order valence-electron chi connectivity index (χ2n) is 7.20. The molecule has 0 radical (unpaired) electrons. The van der Waals surface area contributed by atoms with Crippen LogP contribution in [0.1, 0.15) is 21.7 Å². The zero-order valence-electron chi connectivity index (χ0n) is 16.7. The predicted octanol–water partition coefficient (Wildman–Crippen LogP) is 3.16. The molecule has 0 saturated carbocycles. The van der Waals surface area contributed by atoms with Crippen LogP contribution in [0.5, 0.6) is 0 Å². The largest absolute Gasteiger partial charge is 0.461 e. The van der Waals surface area contributed by atoms with E-state index in [-0.39, 0.29) is 5.91 Å². The van der Waals surface area contributed by atoms with Gasteiger partial charge in [-0.15, -0.1) is 10.2 Å². The van der Waals surface area contributed by atoms with Gasteiger partial charge >= 0.3 is 0 Å². The average Bonchev–Trinajstić information content (AvgIpc) is 3.47. The van der Waals surface area contributed by atoms with Gasteiger partial charge in [0.25, 0.3) is 5.91 Å². The number of nitrogens with one attached hydrogen (secondary N) is 1. The first-order chi connectivity index (χ1) is 14.6. The Morgan fingerprint density at radius 2 is 2.07 bits per heavy atom. The van der Waals surface area contributed by atoms with Crippen LogP contribution in [0, 0.1) is 6.92 Å². The van der Waals surface area contributed by atoms with Crippen molar-refractivity contribution in [1.29, 1.82) is 0 Å². The number of aromatic nitrogens is 5. The number of fused-ring (bicyclic) bond motifs is 2. The molecule has 0 spiro atoms. The SMILES string of the molecule is Cc1ccc2nc(CCNC(=O)c3cccn4c(-c5ccco5)nnc34)n(C)c2c1. The maximum Gasteiger partial charge on any atom is 0.255 e. The maximum absolute atomic E-state index is 12.8. The average molecular weight is 400 g/mol. The predicted molar refractivity (Wildman–Crippen MR) is 112 cm³/mol. The summed E-state index contributed by atoms with van der Waals surface area (Å²) in [6.07, 6.45) is 4.02. The lowest BCUT2D eigenvalue weighted by Crippen LogP contribution is -2.27. The van der Waals surface area contributed by atoms with Gasteiger partial charge in [-0.05, 0) is 48.9 Å². The van der Waals surface area contributed by atoms with Crippen LogP contribution in [0.25, 0.3) is 28.3 Å². The number of nitrogens with zero attached hydrogens (tertiary/aromatic N) is 5. The van der Waals surface area contributed by atoms with Gasteiger partial charge in [-0.2, -0.15) is 0 Å². The maximum atomic E-state index is 12.8. The standard InChI is InChI=1S/C22H20N6O2/c1-14-7-8-16-17(13-14)27(2)19(24-16)9-10-23-22(29)15-5-3-11-28-20(15)25-26-21(28)18-6-4-12-30-18/h3-8,11-13H,9-10H2,1-2H3,(H,23,29). The molecule has 30 heavy (non-hydrogen) atoms.